The molecule has 0 amide bonds. The third kappa shape index (κ3) is 3.98. The van der Waals surface area contributed by atoms with Crippen LogP contribution in [0.1, 0.15) is 43.9 Å². The summed E-state index contributed by atoms with van der Waals surface area (Å²) in [7, 11) is 0. The Morgan fingerprint density at radius 3 is 2.28 bits per heavy atom. The van der Waals surface area contributed by atoms with Gasteiger partial charge in [0.15, 0.2) is 0 Å². The monoisotopic (exact) mass is 263 g/mol. The third-order valence-corrected chi connectivity index (χ3v) is 2.78. The van der Waals surface area contributed by atoms with Crippen molar-refractivity contribution >= 4 is 0 Å². The number of hydrogen-bond donors (Lipinski definition) is 1. The van der Waals surface area contributed by atoms with Gasteiger partial charge in [0.25, 0.3) is 0 Å². The van der Waals surface area contributed by atoms with Gasteiger partial charge in [0.2, 0.25) is 0 Å². The highest BCUT2D eigenvalue weighted by atomic mass is 19.4. The van der Waals surface area contributed by atoms with Crippen molar-refractivity contribution in [2.45, 2.75) is 38.9 Å². The Balaban J connectivity index is 2.93. The van der Waals surface area contributed by atoms with E-state index in [9.17, 15) is 17.6 Å². The Hall–Kier alpha value is -1.10. The molecule has 1 nitrogen and oxygen atoms in total. The molecule has 0 fully saturated rings. The van der Waals surface area contributed by atoms with Crippen LogP contribution < -0.4 is 5.73 Å². The molecule has 1 atom stereocenters. The molecular weight excluding hydrogens is 246 g/mol. The molecule has 0 unspecified atom stereocenters. The SMILES string of the molecule is CC(C)CC[C@@H](N)c1cc(C(F)(F)F)ccc1F. The molecule has 2 N–H and O–H groups in total. The molecule has 0 aliphatic heterocycles. The van der Waals surface area contributed by atoms with Gasteiger partial charge in [0.05, 0.1) is 5.56 Å². The van der Waals surface area contributed by atoms with Crippen LogP contribution in [0.25, 0.3) is 0 Å². The van der Waals surface area contributed by atoms with E-state index in [0.717, 1.165) is 24.6 Å². The molecule has 18 heavy (non-hydrogen) atoms. The second-order valence-corrected chi connectivity index (χ2v) is 4.81. The molecule has 0 aliphatic carbocycles. The molecule has 102 valence electrons. The number of halogens is 4. The largest absolute Gasteiger partial charge is 0.416 e. The summed E-state index contributed by atoms with van der Waals surface area (Å²) in [6.07, 6.45) is -3.26. The molecule has 0 spiro atoms. The zero-order valence-corrected chi connectivity index (χ0v) is 10.4. The Morgan fingerprint density at radius 2 is 1.78 bits per heavy atom. The van der Waals surface area contributed by atoms with Crippen molar-refractivity contribution in [3.63, 3.8) is 0 Å². The first-order valence-corrected chi connectivity index (χ1v) is 5.84. The van der Waals surface area contributed by atoms with E-state index in [1.165, 1.54) is 0 Å². The summed E-state index contributed by atoms with van der Waals surface area (Å²) in [6.45, 7) is 3.96. The van der Waals surface area contributed by atoms with Gasteiger partial charge in [-0.05, 0) is 37.0 Å². The Kier molecular flexibility index (Phi) is 4.73. The fraction of sp³-hybridized carbons (Fsp3) is 0.538. The van der Waals surface area contributed by atoms with Crippen LogP contribution in [0.15, 0.2) is 18.2 Å². The first kappa shape index (κ1) is 15.0. The Labute approximate surface area is 104 Å². The highest BCUT2D eigenvalue weighted by Crippen LogP contribution is 2.32. The zero-order valence-electron chi connectivity index (χ0n) is 10.4. The maximum Gasteiger partial charge on any atom is 0.416 e. The number of benzene rings is 1. The van der Waals surface area contributed by atoms with E-state index in [1.54, 1.807) is 0 Å². The number of rotatable bonds is 4. The summed E-state index contributed by atoms with van der Waals surface area (Å²) in [6, 6.07) is 1.66. The second-order valence-electron chi connectivity index (χ2n) is 4.81. The predicted molar refractivity (Wildman–Crippen MR) is 62.4 cm³/mol. The van der Waals surface area contributed by atoms with Gasteiger partial charge in [-0.1, -0.05) is 13.8 Å². The lowest BCUT2D eigenvalue weighted by atomic mass is 9.96. The van der Waals surface area contributed by atoms with Crippen molar-refractivity contribution in [2.75, 3.05) is 0 Å². The van der Waals surface area contributed by atoms with E-state index in [2.05, 4.69) is 0 Å². The van der Waals surface area contributed by atoms with Gasteiger partial charge in [0, 0.05) is 11.6 Å². The van der Waals surface area contributed by atoms with E-state index < -0.39 is 23.6 Å². The minimum atomic E-state index is -4.47. The van der Waals surface area contributed by atoms with E-state index in [-0.39, 0.29) is 5.56 Å². The fourth-order valence-electron chi connectivity index (χ4n) is 1.67. The highest BCUT2D eigenvalue weighted by Gasteiger charge is 2.31. The lowest BCUT2D eigenvalue weighted by Gasteiger charge is -2.16. The number of hydrogen-bond acceptors (Lipinski definition) is 1. The molecule has 0 heterocycles. The van der Waals surface area contributed by atoms with Crippen LogP contribution in [0, 0.1) is 11.7 Å². The van der Waals surface area contributed by atoms with E-state index in [1.807, 2.05) is 13.8 Å². The van der Waals surface area contributed by atoms with Crippen LogP contribution in [-0.4, -0.2) is 0 Å². The van der Waals surface area contributed by atoms with Crippen LogP contribution in [0.3, 0.4) is 0 Å². The minimum absolute atomic E-state index is 0.0644. The molecule has 1 aromatic carbocycles. The van der Waals surface area contributed by atoms with Crippen molar-refractivity contribution in [1.29, 1.82) is 0 Å². The molecule has 0 aliphatic rings. The molecule has 0 saturated carbocycles. The van der Waals surface area contributed by atoms with E-state index >= 15 is 0 Å². The third-order valence-electron chi connectivity index (χ3n) is 2.78. The van der Waals surface area contributed by atoms with Crippen LogP contribution in [0.5, 0.6) is 0 Å². The normalized spacial score (nSPS) is 14.0. The van der Waals surface area contributed by atoms with Crippen molar-refractivity contribution in [3.05, 3.63) is 35.1 Å². The predicted octanol–water partition coefficient (Wildman–Crippen LogP) is 4.28. The molecule has 0 radical (unpaired) electrons. The molecule has 0 saturated heterocycles. The van der Waals surface area contributed by atoms with Crippen LogP contribution in [-0.2, 0) is 6.18 Å². The maximum atomic E-state index is 13.5. The van der Waals surface area contributed by atoms with Crippen molar-refractivity contribution in [1.82, 2.24) is 0 Å². The van der Waals surface area contributed by atoms with Crippen molar-refractivity contribution in [2.24, 2.45) is 11.7 Å². The van der Waals surface area contributed by atoms with Gasteiger partial charge >= 0.3 is 6.18 Å². The van der Waals surface area contributed by atoms with Crippen LogP contribution >= 0.6 is 0 Å². The van der Waals surface area contributed by atoms with E-state index in [4.69, 9.17) is 5.73 Å². The fourth-order valence-corrected chi connectivity index (χ4v) is 1.67. The maximum absolute atomic E-state index is 13.5. The van der Waals surface area contributed by atoms with Gasteiger partial charge in [0.1, 0.15) is 5.82 Å². The second kappa shape index (κ2) is 5.69. The topological polar surface area (TPSA) is 26.0 Å². The summed E-state index contributed by atoms with van der Waals surface area (Å²) in [5.41, 5.74) is 4.82. The van der Waals surface area contributed by atoms with Gasteiger partial charge < -0.3 is 5.73 Å². The van der Waals surface area contributed by atoms with Crippen molar-refractivity contribution in [3.8, 4) is 0 Å². The van der Waals surface area contributed by atoms with E-state index in [0.29, 0.717) is 12.3 Å². The van der Waals surface area contributed by atoms with Crippen molar-refractivity contribution < 1.29 is 17.6 Å². The molecular formula is C13H17F4N. The quantitative estimate of drug-likeness (QED) is 0.806. The first-order chi connectivity index (χ1) is 8.21. The van der Waals surface area contributed by atoms with Gasteiger partial charge in [-0.2, -0.15) is 13.2 Å². The first-order valence-electron chi connectivity index (χ1n) is 5.84. The molecule has 1 rings (SSSR count). The molecule has 0 aromatic heterocycles. The lowest BCUT2D eigenvalue weighted by Crippen LogP contribution is -2.15. The number of nitrogens with two attached hydrogens (primary N) is 1. The average molecular weight is 263 g/mol. The van der Waals surface area contributed by atoms with Gasteiger partial charge in [-0.3, -0.25) is 0 Å². The average Bonchev–Trinajstić information content (AvgIpc) is 2.24. The summed E-state index contributed by atoms with van der Waals surface area (Å²) < 4.78 is 51.0. The Bertz CT molecular complexity index is 398. The Morgan fingerprint density at radius 1 is 1.17 bits per heavy atom. The summed E-state index contributed by atoms with van der Waals surface area (Å²) in [5, 5.41) is 0. The van der Waals surface area contributed by atoms with Crippen LogP contribution in [0.4, 0.5) is 17.6 Å². The summed E-state index contributed by atoms with van der Waals surface area (Å²) >= 11 is 0. The summed E-state index contributed by atoms with van der Waals surface area (Å²) in [4.78, 5) is 0. The minimum Gasteiger partial charge on any atom is -0.324 e. The standard InChI is InChI=1S/C13H17F4N/c1-8(2)3-6-12(18)10-7-9(13(15,16)17)4-5-11(10)14/h4-5,7-8,12H,3,6,18H2,1-2H3/t12-/m1/s1. The smallest absolute Gasteiger partial charge is 0.324 e. The summed E-state index contributed by atoms with van der Waals surface area (Å²) in [5.74, 6) is -0.302. The molecule has 5 heteroatoms. The van der Waals surface area contributed by atoms with Crippen LogP contribution in [0.2, 0.25) is 0 Å². The highest BCUT2D eigenvalue weighted by molar-refractivity contribution is 5.29. The van der Waals surface area contributed by atoms with Gasteiger partial charge in [-0.25, -0.2) is 4.39 Å². The van der Waals surface area contributed by atoms with Gasteiger partial charge in [-0.15, -0.1) is 0 Å². The molecule has 0 bridgehead atoms. The number of alkyl halides is 3. The zero-order chi connectivity index (χ0) is 13.9. The molecule has 1 aromatic rings. The lowest BCUT2D eigenvalue weighted by molar-refractivity contribution is -0.137.